The second-order valence-electron chi connectivity index (χ2n) is 10.0. The van der Waals surface area contributed by atoms with Gasteiger partial charge in [-0.3, -0.25) is 0 Å². The second kappa shape index (κ2) is 15.0. The van der Waals surface area contributed by atoms with Gasteiger partial charge < -0.3 is 0 Å². The van der Waals surface area contributed by atoms with Crippen LogP contribution in [-0.4, -0.2) is 0 Å². The Labute approximate surface area is 166 Å². The summed E-state index contributed by atoms with van der Waals surface area (Å²) < 4.78 is 0. The molecule has 0 saturated heterocycles. The van der Waals surface area contributed by atoms with Crippen LogP contribution in [0.15, 0.2) is 0 Å². The van der Waals surface area contributed by atoms with Gasteiger partial charge in [-0.15, -0.1) is 0 Å². The third-order valence-corrected chi connectivity index (χ3v) is 7.65. The van der Waals surface area contributed by atoms with Gasteiger partial charge in [-0.25, -0.2) is 0 Å². The topological polar surface area (TPSA) is 0 Å². The zero-order valence-electron chi connectivity index (χ0n) is 18.3. The van der Waals surface area contributed by atoms with Crippen LogP contribution in [0.2, 0.25) is 0 Å². The zero-order chi connectivity index (χ0) is 18.3. The molecule has 26 heavy (non-hydrogen) atoms. The van der Waals surface area contributed by atoms with Gasteiger partial charge in [-0.1, -0.05) is 142 Å². The first-order valence-corrected chi connectivity index (χ1v) is 12.9. The first-order chi connectivity index (χ1) is 12.9. The molecule has 2 fully saturated rings. The highest BCUT2D eigenvalue weighted by atomic mass is 14.3. The lowest BCUT2D eigenvalue weighted by Crippen LogP contribution is -2.17. The minimum absolute atomic E-state index is 0.980. The Bertz CT molecular complexity index is 295. The van der Waals surface area contributed by atoms with E-state index in [0.29, 0.717) is 0 Å². The first-order valence-electron chi connectivity index (χ1n) is 12.9. The molecule has 2 saturated carbocycles. The van der Waals surface area contributed by atoms with Crippen molar-refractivity contribution in [2.24, 2.45) is 17.8 Å². The maximum Gasteiger partial charge on any atom is -0.0386 e. The third kappa shape index (κ3) is 10.4. The van der Waals surface area contributed by atoms with Crippen LogP contribution in [-0.2, 0) is 0 Å². The van der Waals surface area contributed by atoms with E-state index in [1.54, 1.807) is 19.3 Å². The van der Waals surface area contributed by atoms with E-state index >= 15 is 0 Å². The Morgan fingerprint density at radius 1 is 0.423 bits per heavy atom. The lowest BCUT2D eigenvalue weighted by atomic mass is 9.77. The van der Waals surface area contributed by atoms with Crippen molar-refractivity contribution in [1.82, 2.24) is 0 Å². The Hall–Kier alpha value is 0. The molecule has 0 heteroatoms. The Morgan fingerprint density at radius 3 is 1.23 bits per heavy atom. The predicted molar refractivity (Wildman–Crippen MR) is 118 cm³/mol. The largest absolute Gasteiger partial charge is 0.0622 e. The molecule has 154 valence electrons. The molecular weight excluding hydrogens is 312 g/mol. The molecule has 2 atom stereocenters. The third-order valence-electron chi connectivity index (χ3n) is 7.65. The monoisotopic (exact) mass is 362 g/mol. The summed E-state index contributed by atoms with van der Waals surface area (Å²) in [5.74, 6) is 3.07. The van der Waals surface area contributed by atoms with Gasteiger partial charge in [-0.2, -0.15) is 0 Å². The van der Waals surface area contributed by atoms with Crippen LogP contribution < -0.4 is 0 Å². The van der Waals surface area contributed by atoms with E-state index in [-0.39, 0.29) is 0 Å². The normalized spacial score (nSPS) is 30.3. The average molecular weight is 363 g/mol. The Kier molecular flexibility index (Phi) is 12.8. The smallest absolute Gasteiger partial charge is 0.0386 e. The maximum atomic E-state index is 2.61. The summed E-state index contributed by atoms with van der Waals surface area (Å²) in [4.78, 5) is 0. The van der Waals surface area contributed by atoms with Crippen molar-refractivity contribution in [3.63, 3.8) is 0 Å². The fourth-order valence-electron chi connectivity index (χ4n) is 5.72. The molecule has 0 spiro atoms. The minimum atomic E-state index is 0.980. The van der Waals surface area contributed by atoms with Gasteiger partial charge >= 0.3 is 0 Å². The Balaban J connectivity index is 1.84. The molecule has 0 radical (unpaired) electrons. The molecule has 0 aromatic heterocycles. The second-order valence-corrected chi connectivity index (χ2v) is 10.0. The summed E-state index contributed by atoms with van der Waals surface area (Å²) in [7, 11) is 0. The summed E-state index contributed by atoms with van der Waals surface area (Å²) in [5.41, 5.74) is 0. The summed E-state index contributed by atoms with van der Waals surface area (Å²) in [5, 5.41) is 0. The van der Waals surface area contributed by atoms with E-state index in [9.17, 15) is 0 Å². The van der Waals surface area contributed by atoms with Gasteiger partial charge in [0.2, 0.25) is 0 Å². The molecule has 0 amide bonds. The zero-order valence-corrected chi connectivity index (χ0v) is 18.3. The quantitative estimate of drug-likeness (QED) is 0.458. The molecule has 0 N–H and O–H groups in total. The van der Waals surface area contributed by atoms with Crippen molar-refractivity contribution >= 4 is 0 Å². The number of hydrogen-bond donors (Lipinski definition) is 0. The number of rotatable bonds is 2. The highest BCUT2D eigenvalue weighted by Crippen LogP contribution is 2.34. The van der Waals surface area contributed by atoms with Crippen molar-refractivity contribution in [1.29, 1.82) is 0 Å². The molecule has 0 aromatic carbocycles. The summed E-state index contributed by atoms with van der Waals surface area (Å²) in [6.45, 7) is 2.61. The van der Waals surface area contributed by atoms with E-state index in [2.05, 4.69) is 6.92 Å². The van der Waals surface area contributed by atoms with Crippen molar-refractivity contribution in [3.05, 3.63) is 0 Å². The van der Waals surface area contributed by atoms with E-state index in [0.717, 1.165) is 17.8 Å². The van der Waals surface area contributed by atoms with Crippen LogP contribution in [0.4, 0.5) is 0 Å². The lowest BCUT2D eigenvalue weighted by molar-refractivity contribution is 0.226. The summed E-state index contributed by atoms with van der Waals surface area (Å²) in [6, 6.07) is 0. The highest BCUT2D eigenvalue weighted by Gasteiger charge is 2.22. The lowest BCUT2D eigenvalue weighted by Gasteiger charge is -2.29. The van der Waals surface area contributed by atoms with Crippen LogP contribution in [0, 0.1) is 17.8 Å². The van der Waals surface area contributed by atoms with Gasteiger partial charge in [0, 0.05) is 0 Å². The molecule has 2 aliphatic rings. The Morgan fingerprint density at radius 2 is 0.769 bits per heavy atom. The van der Waals surface area contributed by atoms with E-state index < -0.39 is 0 Å². The SMILES string of the molecule is CC1CCCCCCCCCCCC1CC1CCCCCCCCCC1. The van der Waals surface area contributed by atoms with Crippen LogP contribution in [0.25, 0.3) is 0 Å². The van der Waals surface area contributed by atoms with Crippen molar-refractivity contribution < 1.29 is 0 Å². The van der Waals surface area contributed by atoms with E-state index in [4.69, 9.17) is 0 Å². The average Bonchev–Trinajstić information content (AvgIpc) is 2.69. The molecular formula is C26H50. The molecule has 0 aliphatic heterocycles. The molecule has 0 nitrogen and oxygen atoms in total. The summed E-state index contributed by atoms with van der Waals surface area (Å²) >= 11 is 0. The fourth-order valence-corrected chi connectivity index (χ4v) is 5.72. The van der Waals surface area contributed by atoms with Gasteiger partial charge in [-0.05, 0) is 24.2 Å². The molecule has 0 heterocycles. The van der Waals surface area contributed by atoms with E-state index in [1.807, 2.05) is 0 Å². The standard InChI is InChI=1S/C26H50/c1-24-19-15-11-7-3-2-4-10-14-18-22-26(24)23-25-20-16-12-8-5-6-9-13-17-21-25/h24-26H,2-23H2,1H3. The highest BCUT2D eigenvalue weighted by molar-refractivity contribution is 4.73. The molecule has 2 rings (SSSR count). The minimum Gasteiger partial charge on any atom is -0.0622 e. The fraction of sp³-hybridized carbons (Fsp3) is 1.00. The summed E-state index contributed by atoms with van der Waals surface area (Å²) in [6.07, 6.45) is 33.3. The number of hydrogen-bond acceptors (Lipinski definition) is 0. The van der Waals surface area contributed by atoms with Crippen molar-refractivity contribution in [2.45, 2.75) is 148 Å². The predicted octanol–water partition coefficient (Wildman–Crippen LogP) is 9.46. The van der Waals surface area contributed by atoms with Crippen molar-refractivity contribution in [2.75, 3.05) is 0 Å². The molecule has 0 aromatic rings. The molecule has 2 aliphatic carbocycles. The molecule has 0 bridgehead atoms. The first kappa shape index (κ1) is 22.3. The van der Waals surface area contributed by atoms with Gasteiger partial charge in [0.25, 0.3) is 0 Å². The van der Waals surface area contributed by atoms with Gasteiger partial charge in [0.15, 0.2) is 0 Å². The van der Waals surface area contributed by atoms with Gasteiger partial charge in [0.1, 0.15) is 0 Å². The van der Waals surface area contributed by atoms with Crippen LogP contribution in [0.1, 0.15) is 148 Å². The van der Waals surface area contributed by atoms with Crippen molar-refractivity contribution in [3.8, 4) is 0 Å². The van der Waals surface area contributed by atoms with E-state index in [1.165, 1.54) is 122 Å². The van der Waals surface area contributed by atoms with Crippen LogP contribution in [0.5, 0.6) is 0 Å². The van der Waals surface area contributed by atoms with Crippen LogP contribution >= 0.6 is 0 Å². The molecule has 2 unspecified atom stereocenters. The van der Waals surface area contributed by atoms with Crippen LogP contribution in [0.3, 0.4) is 0 Å². The van der Waals surface area contributed by atoms with Gasteiger partial charge in [0.05, 0.1) is 0 Å². The maximum absolute atomic E-state index is 2.61.